The Morgan fingerprint density at radius 3 is 2.79 bits per heavy atom. The van der Waals surface area contributed by atoms with Gasteiger partial charge in [-0.05, 0) is 38.1 Å². The van der Waals surface area contributed by atoms with Crippen molar-refractivity contribution in [3.05, 3.63) is 60.6 Å². The number of nitrogens with zero attached hydrogens (tertiary/aromatic N) is 4. The van der Waals surface area contributed by atoms with Crippen molar-refractivity contribution in [2.75, 3.05) is 13.6 Å². The van der Waals surface area contributed by atoms with Crippen LogP contribution in [-0.4, -0.2) is 50.2 Å². The largest absolute Gasteiger partial charge is 0.352 e. The van der Waals surface area contributed by atoms with Gasteiger partial charge in [-0.15, -0.1) is 0 Å². The number of aromatic amines is 1. The molecule has 2 N–H and O–H groups in total. The molecule has 0 aliphatic carbocycles. The van der Waals surface area contributed by atoms with E-state index >= 15 is 0 Å². The molecule has 7 nitrogen and oxygen atoms in total. The molecule has 0 radical (unpaired) electrons. The quantitative estimate of drug-likeness (QED) is 0.563. The highest BCUT2D eigenvalue weighted by molar-refractivity contribution is 5.80. The molecule has 0 bridgehead atoms. The Labute approximate surface area is 168 Å². The summed E-state index contributed by atoms with van der Waals surface area (Å²) in [5, 5.41) is 8.72. The molecular formula is C22H24N6O. The molecule has 0 spiro atoms. The minimum Gasteiger partial charge on any atom is -0.352 e. The molecular weight excluding hydrogens is 364 g/mol. The summed E-state index contributed by atoms with van der Waals surface area (Å²) in [5.41, 5.74) is 2.94. The molecule has 0 saturated carbocycles. The fraction of sp³-hybridized carbons (Fsp3) is 0.318. The van der Waals surface area contributed by atoms with Gasteiger partial charge in [0, 0.05) is 24.2 Å². The van der Waals surface area contributed by atoms with E-state index in [0.29, 0.717) is 0 Å². The van der Waals surface area contributed by atoms with E-state index in [9.17, 15) is 4.79 Å². The number of benzene rings is 2. The Morgan fingerprint density at radius 1 is 1.17 bits per heavy atom. The van der Waals surface area contributed by atoms with Gasteiger partial charge < -0.3 is 10.3 Å². The highest BCUT2D eigenvalue weighted by Gasteiger charge is 2.30. The zero-order valence-corrected chi connectivity index (χ0v) is 16.4. The number of hydrogen-bond donors (Lipinski definition) is 2. The summed E-state index contributed by atoms with van der Waals surface area (Å²) < 4.78 is 1.71. The predicted octanol–water partition coefficient (Wildman–Crippen LogP) is 2.86. The van der Waals surface area contributed by atoms with Crippen LogP contribution in [0.1, 0.15) is 24.7 Å². The van der Waals surface area contributed by atoms with E-state index in [1.807, 2.05) is 54.7 Å². The summed E-state index contributed by atoms with van der Waals surface area (Å²) in [7, 11) is 2.12. The van der Waals surface area contributed by atoms with E-state index in [1.54, 1.807) is 4.68 Å². The SMILES string of the molecule is CN1CC[C@@H](NC(=O)Cn2cc3ccccc3n2)CC1c1nc2ccccc2[nH]1. The van der Waals surface area contributed by atoms with Crippen LogP contribution >= 0.6 is 0 Å². The van der Waals surface area contributed by atoms with Crippen molar-refractivity contribution < 1.29 is 4.79 Å². The van der Waals surface area contributed by atoms with Crippen LogP contribution in [0.4, 0.5) is 0 Å². The van der Waals surface area contributed by atoms with E-state index < -0.39 is 0 Å². The second kappa shape index (κ2) is 7.33. The molecule has 3 heterocycles. The van der Waals surface area contributed by atoms with Crippen molar-refractivity contribution >= 4 is 27.8 Å². The van der Waals surface area contributed by atoms with Gasteiger partial charge in [-0.25, -0.2) is 4.98 Å². The molecule has 1 aliphatic heterocycles. The maximum Gasteiger partial charge on any atom is 0.241 e. The molecule has 5 rings (SSSR count). The van der Waals surface area contributed by atoms with Crippen LogP contribution < -0.4 is 5.32 Å². The molecule has 148 valence electrons. The topological polar surface area (TPSA) is 78.8 Å². The van der Waals surface area contributed by atoms with Gasteiger partial charge in [-0.2, -0.15) is 5.10 Å². The molecule has 4 aromatic rings. The molecule has 1 aliphatic rings. The van der Waals surface area contributed by atoms with Gasteiger partial charge >= 0.3 is 0 Å². The Kier molecular flexibility index (Phi) is 4.52. The van der Waals surface area contributed by atoms with E-state index in [4.69, 9.17) is 4.98 Å². The summed E-state index contributed by atoms with van der Waals surface area (Å²) in [5.74, 6) is 0.960. The highest BCUT2D eigenvalue weighted by atomic mass is 16.2. The lowest BCUT2D eigenvalue weighted by atomic mass is 9.97. The third kappa shape index (κ3) is 3.61. The predicted molar refractivity (Wildman–Crippen MR) is 112 cm³/mol. The number of aromatic nitrogens is 4. The zero-order valence-electron chi connectivity index (χ0n) is 16.4. The summed E-state index contributed by atoms with van der Waals surface area (Å²) in [6.07, 6.45) is 3.68. The molecule has 7 heteroatoms. The van der Waals surface area contributed by atoms with Gasteiger partial charge in [0.1, 0.15) is 12.4 Å². The molecule has 1 saturated heterocycles. The third-order valence-corrected chi connectivity index (χ3v) is 5.73. The van der Waals surface area contributed by atoms with Crippen LogP contribution in [-0.2, 0) is 11.3 Å². The Balaban J connectivity index is 1.26. The average molecular weight is 388 g/mol. The molecule has 1 fully saturated rings. The lowest BCUT2D eigenvalue weighted by molar-refractivity contribution is -0.123. The summed E-state index contributed by atoms with van der Waals surface area (Å²) in [6, 6.07) is 16.3. The van der Waals surface area contributed by atoms with Crippen LogP contribution in [0, 0.1) is 0 Å². The summed E-state index contributed by atoms with van der Waals surface area (Å²) in [6.45, 7) is 1.15. The first-order valence-corrected chi connectivity index (χ1v) is 10.0. The van der Waals surface area contributed by atoms with Crippen LogP contribution in [0.3, 0.4) is 0 Å². The number of rotatable bonds is 4. The van der Waals surface area contributed by atoms with Gasteiger partial charge in [0.15, 0.2) is 0 Å². The van der Waals surface area contributed by atoms with Crippen LogP contribution in [0.2, 0.25) is 0 Å². The van der Waals surface area contributed by atoms with Gasteiger partial charge in [-0.1, -0.05) is 30.3 Å². The lowest BCUT2D eigenvalue weighted by Gasteiger charge is -2.36. The van der Waals surface area contributed by atoms with Crippen LogP contribution in [0.5, 0.6) is 0 Å². The number of amides is 1. The monoisotopic (exact) mass is 388 g/mol. The first-order chi connectivity index (χ1) is 14.2. The van der Waals surface area contributed by atoms with Crippen molar-refractivity contribution in [1.82, 2.24) is 30.0 Å². The first kappa shape index (κ1) is 17.9. The normalized spacial score (nSPS) is 20.3. The Hall–Kier alpha value is -3.19. The fourth-order valence-corrected chi connectivity index (χ4v) is 4.18. The second-order valence-corrected chi connectivity index (χ2v) is 7.81. The number of imidazole rings is 1. The van der Waals surface area contributed by atoms with E-state index in [1.165, 1.54) is 0 Å². The Bertz CT molecular complexity index is 1100. The van der Waals surface area contributed by atoms with Crippen molar-refractivity contribution in [2.45, 2.75) is 31.5 Å². The third-order valence-electron chi connectivity index (χ3n) is 5.73. The number of fused-ring (bicyclic) bond motifs is 2. The number of hydrogen-bond acceptors (Lipinski definition) is 4. The average Bonchev–Trinajstić information content (AvgIpc) is 3.32. The van der Waals surface area contributed by atoms with Crippen molar-refractivity contribution in [3.8, 4) is 0 Å². The fourth-order valence-electron chi connectivity index (χ4n) is 4.18. The first-order valence-electron chi connectivity index (χ1n) is 10.0. The Morgan fingerprint density at radius 2 is 1.97 bits per heavy atom. The van der Waals surface area contributed by atoms with Gasteiger partial charge in [-0.3, -0.25) is 14.4 Å². The van der Waals surface area contributed by atoms with Gasteiger partial charge in [0.25, 0.3) is 0 Å². The maximum absolute atomic E-state index is 12.6. The number of nitrogens with one attached hydrogen (secondary N) is 2. The number of carbonyl (C=O) groups excluding carboxylic acids is 1. The van der Waals surface area contributed by atoms with Gasteiger partial charge in [0.05, 0.1) is 22.6 Å². The number of piperidine rings is 1. The highest BCUT2D eigenvalue weighted by Crippen LogP contribution is 2.29. The van der Waals surface area contributed by atoms with E-state index in [0.717, 1.165) is 47.1 Å². The minimum atomic E-state index is -0.00397. The lowest BCUT2D eigenvalue weighted by Crippen LogP contribution is -2.46. The molecule has 2 aromatic heterocycles. The molecule has 1 amide bonds. The van der Waals surface area contributed by atoms with Crippen molar-refractivity contribution in [2.24, 2.45) is 0 Å². The molecule has 2 aromatic carbocycles. The number of carbonyl (C=O) groups is 1. The molecule has 1 unspecified atom stereocenters. The number of H-pyrrole nitrogens is 1. The summed E-state index contributed by atoms with van der Waals surface area (Å²) in [4.78, 5) is 23.1. The van der Waals surface area contributed by atoms with Crippen LogP contribution in [0.15, 0.2) is 54.7 Å². The maximum atomic E-state index is 12.6. The second-order valence-electron chi connectivity index (χ2n) is 7.81. The van der Waals surface area contributed by atoms with E-state index in [2.05, 4.69) is 27.3 Å². The van der Waals surface area contributed by atoms with Crippen LogP contribution in [0.25, 0.3) is 21.9 Å². The summed E-state index contributed by atoms with van der Waals surface area (Å²) >= 11 is 0. The van der Waals surface area contributed by atoms with E-state index in [-0.39, 0.29) is 24.5 Å². The number of para-hydroxylation sites is 2. The minimum absolute atomic E-state index is 0.00397. The molecule has 2 atom stereocenters. The number of likely N-dealkylation sites (tertiary alicyclic amines) is 1. The van der Waals surface area contributed by atoms with Crippen molar-refractivity contribution in [1.29, 1.82) is 0 Å². The smallest absolute Gasteiger partial charge is 0.241 e. The van der Waals surface area contributed by atoms with Crippen molar-refractivity contribution in [3.63, 3.8) is 0 Å². The standard InChI is InChI=1S/C22H24N6O/c1-27-11-10-16(12-20(27)22-24-18-8-4-5-9-19(18)25-22)23-21(29)14-28-13-15-6-2-3-7-17(15)26-28/h2-9,13,16,20H,10-12,14H2,1H3,(H,23,29)(H,24,25)/t16-,20?/m1/s1. The van der Waals surface area contributed by atoms with Gasteiger partial charge in [0.2, 0.25) is 5.91 Å². The molecule has 29 heavy (non-hydrogen) atoms. The zero-order chi connectivity index (χ0) is 19.8.